The molecule has 1 aromatic carbocycles. The Bertz CT molecular complexity index is 633. The van der Waals surface area contributed by atoms with Crippen LogP contribution in [-0.2, 0) is 4.74 Å². The van der Waals surface area contributed by atoms with Gasteiger partial charge in [0.1, 0.15) is 5.82 Å². The molecule has 3 rings (SSSR count). The van der Waals surface area contributed by atoms with E-state index >= 15 is 0 Å². The molecule has 1 aromatic heterocycles. The molecule has 0 atom stereocenters. The number of anilines is 1. The van der Waals surface area contributed by atoms with Crippen LogP contribution in [-0.4, -0.2) is 59.5 Å². The highest BCUT2D eigenvalue weighted by Gasteiger charge is 2.10. The maximum absolute atomic E-state index is 13.8. The summed E-state index contributed by atoms with van der Waals surface area (Å²) in [6.07, 6.45) is 2.45. The van der Waals surface area contributed by atoms with E-state index in [4.69, 9.17) is 4.74 Å². The summed E-state index contributed by atoms with van der Waals surface area (Å²) >= 11 is 0. The number of benzene rings is 1. The van der Waals surface area contributed by atoms with Gasteiger partial charge in [0.15, 0.2) is 0 Å². The zero-order chi connectivity index (χ0) is 15.9. The van der Waals surface area contributed by atoms with Gasteiger partial charge in [-0.1, -0.05) is 12.1 Å². The largest absolute Gasteiger partial charge is 0.379 e. The standard InChI is InChI=1S/C16H20FN5O/c17-14-5-2-1-4-13(14)15-12-19-21-16(20-15)18-6-3-7-22-8-10-23-11-9-22/h1-2,4-5,12H,3,6-11H2,(H,18,20,21). The molecule has 1 N–H and O–H groups in total. The van der Waals surface area contributed by atoms with E-state index in [2.05, 4.69) is 25.4 Å². The van der Waals surface area contributed by atoms with Gasteiger partial charge in [-0.15, -0.1) is 5.10 Å². The van der Waals surface area contributed by atoms with Gasteiger partial charge in [0, 0.05) is 25.2 Å². The van der Waals surface area contributed by atoms with Crippen molar-refractivity contribution in [3.05, 3.63) is 36.3 Å². The Morgan fingerprint density at radius 1 is 1.22 bits per heavy atom. The number of ether oxygens (including phenoxy) is 1. The molecule has 0 spiro atoms. The van der Waals surface area contributed by atoms with E-state index in [-0.39, 0.29) is 5.82 Å². The van der Waals surface area contributed by atoms with E-state index in [0.717, 1.165) is 45.8 Å². The number of hydrogen-bond donors (Lipinski definition) is 1. The maximum atomic E-state index is 13.8. The lowest BCUT2D eigenvalue weighted by Crippen LogP contribution is -2.37. The van der Waals surface area contributed by atoms with Crippen LogP contribution in [0.1, 0.15) is 6.42 Å². The van der Waals surface area contributed by atoms with E-state index in [1.54, 1.807) is 18.2 Å². The third kappa shape index (κ3) is 4.43. The molecule has 7 heteroatoms. The molecule has 0 saturated carbocycles. The first-order valence-corrected chi connectivity index (χ1v) is 7.81. The van der Waals surface area contributed by atoms with Crippen LogP contribution in [0.4, 0.5) is 10.3 Å². The molecule has 0 radical (unpaired) electrons. The van der Waals surface area contributed by atoms with Crippen LogP contribution in [0, 0.1) is 5.82 Å². The average Bonchev–Trinajstić information content (AvgIpc) is 2.60. The first-order valence-electron chi connectivity index (χ1n) is 7.81. The smallest absolute Gasteiger partial charge is 0.243 e. The number of rotatable bonds is 6. The molecule has 0 aliphatic carbocycles. The highest BCUT2D eigenvalue weighted by molar-refractivity contribution is 5.59. The van der Waals surface area contributed by atoms with Crippen LogP contribution >= 0.6 is 0 Å². The Kier molecular flexibility index (Phi) is 5.44. The fraction of sp³-hybridized carbons (Fsp3) is 0.438. The molecule has 0 amide bonds. The zero-order valence-electron chi connectivity index (χ0n) is 12.9. The van der Waals surface area contributed by atoms with Gasteiger partial charge in [0.2, 0.25) is 5.95 Å². The fourth-order valence-electron chi connectivity index (χ4n) is 2.50. The monoisotopic (exact) mass is 317 g/mol. The van der Waals surface area contributed by atoms with Gasteiger partial charge in [-0.3, -0.25) is 4.90 Å². The highest BCUT2D eigenvalue weighted by Crippen LogP contribution is 2.19. The molecule has 0 bridgehead atoms. The molecule has 2 heterocycles. The van der Waals surface area contributed by atoms with E-state index in [0.29, 0.717) is 17.2 Å². The van der Waals surface area contributed by atoms with Gasteiger partial charge in [-0.25, -0.2) is 9.37 Å². The number of nitrogens with zero attached hydrogens (tertiary/aromatic N) is 4. The summed E-state index contributed by atoms with van der Waals surface area (Å²) in [4.78, 5) is 6.70. The van der Waals surface area contributed by atoms with Gasteiger partial charge >= 0.3 is 0 Å². The molecule has 1 aliphatic rings. The van der Waals surface area contributed by atoms with E-state index in [1.165, 1.54) is 12.3 Å². The summed E-state index contributed by atoms with van der Waals surface area (Å²) in [6.45, 7) is 5.36. The average molecular weight is 317 g/mol. The third-order valence-corrected chi connectivity index (χ3v) is 3.75. The Balaban J connectivity index is 1.52. The number of aromatic nitrogens is 3. The Morgan fingerprint density at radius 3 is 2.87 bits per heavy atom. The van der Waals surface area contributed by atoms with Crippen molar-refractivity contribution in [3.63, 3.8) is 0 Å². The molecule has 23 heavy (non-hydrogen) atoms. The summed E-state index contributed by atoms with van der Waals surface area (Å²) in [5.41, 5.74) is 0.910. The summed E-state index contributed by atoms with van der Waals surface area (Å²) in [5.74, 6) is 0.110. The minimum Gasteiger partial charge on any atom is -0.379 e. The lowest BCUT2D eigenvalue weighted by molar-refractivity contribution is 0.0378. The summed E-state index contributed by atoms with van der Waals surface area (Å²) in [6, 6.07) is 6.52. The van der Waals surface area contributed by atoms with Crippen molar-refractivity contribution in [2.24, 2.45) is 0 Å². The Morgan fingerprint density at radius 2 is 2.04 bits per heavy atom. The second-order valence-electron chi connectivity index (χ2n) is 5.38. The number of hydrogen-bond acceptors (Lipinski definition) is 6. The van der Waals surface area contributed by atoms with Crippen molar-refractivity contribution in [1.29, 1.82) is 0 Å². The van der Waals surface area contributed by atoms with Crippen LogP contribution in [0.25, 0.3) is 11.3 Å². The summed E-state index contributed by atoms with van der Waals surface area (Å²) in [7, 11) is 0. The van der Waals surface area contributed by atoms with Crippen molar-refractivity contribution in [2.45, 2.75) is 6.42 Å². The SMILES string of the molecule is Fc1ccccc1-c1cnnc(NCCCN2CCOCC2)n1. The van der Waals surface area contributed by atoms with Gasteiger partial charge in [-0.2, -0.15) is 5.10 Å². The zero-order valence-corrected chi connectivity index (χ0v) is 12.9. The quantitative estimate of drug-likeness (QED) is 0.820. The first-order chi connectivity index (χ1) is 11.3. The van der Waals surface area contributed by atoms with Crippen molar-refractivity contribution in [3.8, 4) is 11.3 Å². The molecular weight excluding hydrogens is 297 g/mol. The van der Waals surface area contributed by atoms with Gasteiger partial charge < -0.3 is 10.1 Å². The number of nitrogens with one attached hydrogen (secondary N) is 1. The number of morpholine rings is 1. The van der Waals surface area contributed by atoms with Crippen LogP contribution in [0.3, 0.4) is 0 Å². The van der Waals surface area contributed by atoms with E-state index in [1.807, 2.05) is 0 Å². The van der Waals surface area contributed by atoms with Gasteiger partial charge in [-0.05, 0) is 25.1 Å². The van der Waals surface area contributed by atoms with Crippen molar-refractivity contribution < 1.29 is 9.13 Å². The van der Waals surface area contributed by atoms with Crippen LogP contribution < -0.4 is 5.32 Å². The van der Waals surface area contributed by atoms with Gasteiger partial charge in [0.05, 0.1) is 25.1 Å². The van der Waals surface area contributed by atoms with E-state index in [9.17, 15) is 4.39 Å². The van der Waals surface area contributed by atoms with E-state index < -0.39 is 0 Å². The molecule has 1 aliphatic heterocycles. The molecule has 122 valence electrons. The fourth-order valence-corrected chi connectivity index (χ4v) is 2.50. The Labute approximate surface area is 134 Å². The molecular formula is C16H20FN5O. The summed E-state index contributed by atoms with van der Waals surface area (Å²) < 4.78 is 19.1. The second-order valence-corrected chi connectivity index (χ2v) is 5.38. The highest BCUT2D eigenvalue weighted by atomic mass is 19.1. The lowest BCUT2D eigenvalue weighted by atomic mass is 10.1. The predicted octanol–water partition coefficient (Wildman–Crippen LogP) is 1.81. The van der Waals surface area contributed by atoms with Crippen LogP contribution in [0.2, 0.25) is 0 Å². The molecule has 1 fully saturated rings. The van der Waals surface area contributed by atoms with Crippen molar-refractivity contribution in [1.82, 2.24) is 20.1 Å². The molecule has 6 nitrogen and oxygen atoms in total. The predicted molar refractivity (Wildman–Crippen MR) is 85.6 cm³/mol. The number of halogens is 1. The molecule has 1 saturated heterocycles. The first kappa shape index (κ1) is 15.8. The van der Waals surface area contributed by atoms with Gasteiger partial charge in [0.25, 0.3) is 0 Å². The van der Waals surface area contributed by atoms with Crippen LogP contribution in [0.15, 0.2) is 30.5 Å². The topological polar surface area (TPSA) is 63.2 Å². The van der Waals surface area contributed by atoms with Crippen LogP contribution in [0.5, 0.6) is 0 Å². The molecule has 0 unspecified atom stereocenters. The van der Waals surface area contributed by atoms with Crippen molar-refractivity contribution in [2.75, 3.05) is 44.7 Å². The lowest BCUT2D eigenvalue weighted by Gasteiger charge is -2.26. The summed E-state index contributed by atoms with van der Waals surface area (Å²) in [5, 5.41) is 11.0. The second kappa shape index (κ2) is 7.94. The maximum Gasteiger partial charge on any atom is 0.243 e. The third-order valence-electron chi connectivity index (χ3n) is 3.75. The minimum atomic E-state index is -0.314. The minimum absolute atomic E-state index is 0.314. The normalized spacial score (nSPS) is 15.5. The van der Waals surface area contributed by atoms with Crippen molar-refractivity contribution >= 4 is 5.95 Å². The molecule has 2 aromatic rings. The Hall–Kier alpha value is -2.12.